The maximum atomic E-state index is 12.4. The Labute approximate surface area is 135 Å². The Morgan fingerprint density at radius 3 is 2.86 bits per heavy atom. The third kappa shape index (κ3) is 2.75. The van der Waals surface area contributed by atoms with Crippen LogP contribution < -0.4 is 5.32 Å². The minimum atomic E-state index is -0.306. The molecule has 0 aliphatic rings. The molecule has 3 aromatic rings. The van der Waals surface area contributed by atoms with Gasteiger partial charge >= 0.3 is 0 Å². The highest BCUT2D eigenvalue weighted by Gasteiger charge is 2.18. The van der Waals surface area contributed by atoms with Crippen molar-refractivity contribution in [3.05, 3.63) is 57.0 Å². The molecule has 0 fully saturated rings. The number of nitrogens with one attached hydrogen (secondary N) is 1. The average molecular weight is 337 g/mol. The summed E-state index contributed by atoms with van der Waals surface area (Å²) in [7, 11) is 0. The quantitative estimate of drug-likeness (QED) is 0.701. The average Bonchev–Trinajstić information content (AvgIpc) is 2.78. The summed E-state index contributed by atoms with van der Waals surface area (Å²) in [6.45, 7) is 2.00. The molecule has 0 bridgehead atoms. The van der Waals surface area contributed by atoms with Gasteiger partial charge in [0.05, 0.1) is 10.0 Å². The molecule has 0 atom stereocenters. The van der Waals surface area contributed by atoms with E-state index in [-0.39, 0.29) is 5.91 Å². The van der Waals surface area contributed by atoms with Crippen molar-refractivity contribution in [3.63, 3.8) is 0 Å². The molecule has 0 saturated heterocycles. The molecule has 2 heterocycles. The van der Waals surface area contributed by atoms with Crippen LogP contribution in [0.2, 0.25) is 10.0 Å². The number of amides is 1. The van der Waals surface area contributed by atoms with Crippen LogP contribution in [0.1, 0.15) is 15.2 Å². The second-order valence-electron chi connectivity index (χ2n) is 4.53. The van der Waals surface area contributed by atoms with Crippen LogP contribution in [-0.4, -0.2) is 10.9 Å². The molecular formula is C15H10Cl2N2OS. The zero-order valence-electron chi connectivity index (χ0n) is 11.0. The lowest BCUT2D eigenvalue weighted by Crippen LogP contribution is -2.12. The van der Waals surface area contributed by atoms with Gasteiger partial charge in [-0.25, -0.2) is 4.98 Å². The van der Waals surface area contributed by atoms with Gasteiger partial charge in [0.1, 0.15) is 4.88 Å². The van der Waals surface area contributed by atoms with Crippen LogP contribution in [-0.2, 0) is 0 Å². The van der Waals surface area contributed by atoms with Crippen molar-refractivity contribution >= 4 is 56.3 Å². The summed E-state index contributed by atoms with van der Waals surface area (Å²) in [4.78, 5) is 16.9. The summed E-state index contributed by atoms with van der Waals surface area (Å²) in [5.41, 5.74) is 1.13. The first-order valence-corrected chi connectivity index (χ1v) is 7.74. The van der Waals surface area contributed by atoms with Crippen molar-refractivity contribution in [3.8, 4) is 0 Å². The fraction of sp³-hybridized carbons (Fsp3) is 0.0667. The van der Waals surface area contributed by atoms with Gasteiger partial charge in [-0.1, -0.05) is 35.3 Å². The smallest absolute Gasteiger partial charge is 0.268 e. The highest BCUT2D eigenvalue weighted by atomic mass is 35.5. The zero-order chi connectivity index (χ0) is 15.0. The van der Waals surface area contributed by atoms with Crippen LogP contribution in [0.25, 0.3) is 10.1 Å². The molecule has 106 valence electrons. The maximum Gasteiger partial charge on any atom is 0.268 e. The molecule has 1 amide bonds. The number of nitrogens with zero attached hydrogens (tertiary/aromatic N) is 1. The number of benzene rings is 1. The van der Waals surface area contributed by atoms with Gasteiger partial charge in [0.2, 0.25) is 0 Å². The monoisotopic (exact) mass is 336 g/mol. The van der Waals surface area contributed by atoms with Crippen molar-refractivity contribution in [1.82, 2.24) is 4.98 Å². The second-order valence-corrected chi connectivity index (χ2v) is 6.37. The number of rotatable bonds is 2. The van der Waals surface area contributed by atoms with Gasteiger partial charge in [0.15, 0.2) is 5.82 Å². The van der Waals surface area contributed by atoms with E-state index in [1.165, 1.54) is 11.3 Å². The fourth-order valence-electron chi connectivity index (χ4n) is 1.96. The molecule has 1 aromatic carbocycles. The summed E-state index contributed by atoms with van der Waals surface area (Å²) in [6.07, 6.45) is 1.57. The standard InChI is InChI=1S/C15H10Cl2N2OS/c1-8-4-5-9-11(7-8)21-13(12(9)17)15(20)19-14-10(16)3-2-6-18-14/h2-7H,1H3,(H,18,19,20). The van der Waals surface area contributed by atoms with Crippen molar-refractivity contribution < 1.29 is 4.79 Å². The molecule has 0 unspecified atom stereocenters. The van der Waals surface area contributed by atoms with Crippen molar-refractivity contribution in [1.29, 1.82) is 0 Å². The number of hydrogen-bond acceptors (Lipinski definition) is 3. The summed E-state index contributed by atoms with van der Waals surface area (Å²) >= 11 is 13.7. The Kier molecular flexibility index (Phi) is 3.85. The number of anilines is 1. The van der Waals surface area contributed by atoms with Crippen molar-refractivity contribution in [2.24, 2.45) is 0 Å². The van der Waals surface area contributed by atoms with Gasteiger partial charge in [0.25, 0.3) is 5.91 Å². The van der Waals surface area contributed by atoms with E-state index in [0.29, 0.717) is 20.7 Å². The minimum absolute atomic E-state index is 0.306. The van der Waals surface area contributed by atoms with Gasteiger partial charge in [-0.2, -0.15) is 0 Å². The van der Waals surface area contributed by atoms with Gasteiger partial charge in [0, 0.05) is 16.3 Å². The number of carbonyl (C=O) groups is 1. The number of halogens is 2. The highest BCUT2D eigenvalue weighted by molar-refractivity contribution is 7.21. The van der Waals surface area contributed by atoms with E-state index >= 15 is 0 Å². The number of hydrogen-bond donors (Lipinski definition) is 1. The molecule has 2 aromatic heterocycles. The van der Waals surface area contributed by atoms with Gasteiger partial charge in [-0.3, -0.25) is 4.79 Å². The highest BCUT2D eigenvalue weighted by Crippen LogP contribution is 2.36. The van der Waals surface area contributed by atoms with E-state index < -0.39 is 0 Å². The Balaban J connectivity index is 1.98. The van der Waals surface area contributed by atoms with Crippen LogP contribution in [0, 0.1) is 6.92 Å². The number of fused-ring (bicyclic) bond motifs is 1. The Hall–Kier alpha value is -1.62. The number of pyridine rings is 1. The molecule has 3 nitrogen and oxygen atoms in total. The summed E-state index contributed by atoms with van der Waals surface area (Å²) in [6, 6.07) is 9.27. The molecule has 0 spiro atoms. The molecule has 0 aliphatic heterocycles. The molecular weight excluding hydrogens is 327 g/mol. The Morgan fingerprint density at radius 2 is 2.10 bits per heavy atom. The van der Waals surface area contributed by atoms with Crippen LogP contribution in [0.5, 0.6) is 0 Å². The largest absolute Gasteiger partial charge is 0.305 e. The number of carbonyl (C=O) groups excluding carboxylic acids is 1. The Morgan fingerprint density at radius 1 is 1.29 bits per heavy atom. The van der Waals surface area contributed by atoms with E-state index in [1.54, 1.807) is 18.3 Å². The summed E-state index contributed by atoms with van der Waals surface area (Å²) in [5.74, 6) is 0.0216. The molecule has 3 rings (SSSR count). The summed E-state index contributed by atoms with van der Waals surface area (Å²) < 4.78 is 0.984. The first kappa shape index (κ1) is 14.3. The Bertz CT molecular complexity index is 845. The summed E-state index contributed by atoms with van der Waals surface area (Å²) in [5, 5.41) is 4.41. The van der Waals surface area contributed by atoms with E-state index in [4.69, 9.17) is 23.2 Å². The first-order valence-electron chi connectivity index (χ1n) is 6.17. The van der Waals surface area contributed by atoms with Gasteiger partial charge in [-0.15, -0.1) is 11.3 Å². The second kappa shape index (κ2) is 5.64. The predicted molar refractivity (Wildman–Crippen MR) is 88.8 cm³/mol. The van der Waals surface area contributed by atoms with E-state index in [9.17, 15) is 4.79 Å². The van der Waals surface area contributed by atoms with Crippen LogP contribution in [0.4, 0.5) is 5.82 Å². The number of aryl methyl sites for hydroxylation is 1. The van der Waals surface area contributed by atoms with Crippen LogP contribution in [0.3, 0.4) is 0 Å². The van der Waals surface area contributed by atoms with E-state index in [1.807, 2.05) is 25.1 Å². The maximum absolute atomic E-state index is 12.4. The van der Waals surface area contributed by atoms with Crippen molar-refractivity contribution in [2.45, 2.75) is 6.92 Å². The normalized spacial score (nSPS) is 10.8. The first-order chi connectivity index (χ1) is 10.1. The zero-order valence-corrected chi connectivity index (χ0v) is 13.3. The predicted octanol–water partition coefficient (Wildman–Crippen LogP) is 5.16. The van der Waals surface area contributed by atoms with Gasteiger partial charge in [-0.05, 0) is 30.7 Å². The van der Waals surface area contributed by atoms with Crippen LogP contribution >= 0.6 is 34.5 Å². The number of thiophene rings is 1. The third-order valence-corrected chi connectivity index (χ3v) is 4.94. The molecule has 0 radical (unpaired) electrons. The SMILES string of the molecule is Cc1ccc2c(Cl)c(C(=O)Nc3ncccc3Cl)sc2c1. The van der Waals surface area contributed by atoms with E-state index in [0.717, 1.165) is 15.6 Å². The van der Waals surface area contributed by atoms with E-state index in [2.05, 4.69) is 10.3 Å². The minimum Gasteiger partial charge on any atom is -0.305 e. The molecule has 21 heavy (non-hydrogen) atoms. The molecule has 1 N–H and O–H groups in total. The molecule has 0 saturated carbocycles. The number of aromatic nitrogens is 1. The lowest BCUT2D eigenvalue weighted by atomic mass is 10.2. The third-order valence-electron chi connectivity index (χ3n) is 2.98. The molecule has 6 heteroatoms. The molecule has 0 aliphatic carbocycles. The van der Waals surface area contributed by atoms with Crippen molar-refractivity contribution in [2.75, 3.05) is 5.32 Å². The topological polar surface area (TPSA) is 42.0 Å². The lowest BCUT2D eigenvalue weighted by Gasteiger charge is -2.04. The van der Waals surface area contributed by atoms with Gasteiger partial charge < -0.3 is 5.32 Å². The fourth-order valence-corrected chi connectivity index (χ4v) is 3.64. The lowest BCUT2D eigenvalue weighted by molar-refractivity contribution is 0.103. The van der Waals surface area contributed by atoms with Crippen LogP contribution in [0.15, 0.2) is 36.5 Å².